The molecule has 2 atom stereocenters. The summed E-state index contributed by atoms with van der Waals surface area (Å²) in [5, 5.41) is 28.1. The van der Waals surface area contributed by atoms with Crippen molar-refractivity contribution in [3.8, 4) is 6.07 Å². The third-order valence-electron chi connectivity index (χ3n) is 4.04. The molecule has 0 radical (unpaired) electrons. The lowest BCUT2D eigenvalue weighted by molar-refractivity contribution is -0.134. The van der Waals surface area contributed by atoms with E-state index in [9.17, 15) is 9.59 Å². The van der Waals surface area contributed by atoms with Gasteiger partial charge < -0.3 is 20.4 Å². The van der Waals surface area contributed by atoms with Crippen LogP contribution in [0.4, 0.5) is 5.69 Å². The van der Waals surface area contributed by atoms with Gasteiger partial charge in [0.25, 0.3) is 0 Å². The van der Waals surface area contributed by atoms with E-state index in [1.807, 2.05) is 12.3 Å². The van der Waals surface area contributed by atoms with Gasteiger partial charge in [0.05, 0.1) is 17.4 Å². The molecule has 2 aliphatic heterocycles. The van der Waals surface area contributed by atoms with Gasteiger partial charge in [-0.05, 0) is 40.9 Å². The Balaban J connectivity index is 0.000000242. The van der Waals surface area contributed by atoms with Gasteiger partial charge >= 0.3 is 11.9 Å². The summed E-state index contributed by atoms with van der Waals surface area (Å²) in [7, 11) is 0. The normalized spacial score (nSPS) is 21.4. The van der Waals surface area contributed by atoms with Gasteiger partial charge in [-0.3, -0.25) is 0 Å². The summed E-state index contributed by atoms with van der Waals surface area (Å²) in [6.45, 7) is 3.25. The number of carboxylic acids is 2. The van der Waals surface area contributed by atoms with Gasteiger partial charge in [-0.2, -0.15) is 5.26 Å². The largest absolute Gasteiger partial charge is 0.478 e. The van der Waals surface area contributed by atoms with Crippen LogP contribution >= 0.6 is 15.9 Å². The highest BCUT2D eigenvalue weighted by molar-refractivity contribution is 9.10. The highest BCUT2D eigenvalue weighted by Gasteiger charge is 2.36. The molecule has 0 saturated carbocycles. The Bertz CT molecular complexity index is 703. The fourth-order valence-electron chi connectivity index (χ4n) is 2.89. The molecule has 0 aromatic carbocycles. The van der Waals surface area contributed by atoms with Crippen molar-refractivity contribution in [1.29, 1.82) is 5.26 Å². The number of aromatic nitrogens is 1. The second-order valence-electron chi connectivity index (χ2n) is 5.67. The van der Waals surface area contributed by atoms with Crippen LogP contribution in [-0.4, -0.2) is 52.8 Å². The van der Waals surface area contributed by atoms with Crippen molar-refractivity contribution in [3.05, 3.63) is 34.6 Å². The zero-order chi connectivity index (χ0) is 18.4. The Kier molecular flexibility index (Phi) is 6.50. The molecule has 3 N–H and O–H groups in total. The summed E-state index contributed by atoms with van der Waals surface area (Å²) < 4.78 is 0.626. The van der Waals surface area contributed by atoms with Crippen molar-refractivity contribution >= 4 is 33.6 Å². The third kappa shape index (κ3) is 5.27. The summed E-state index contributed by atoms with van der Waals surface area (Å²) in [6, 6.07) is 4.69. The lowest BCUT2D eigenvalue weighted by atomic mass is 10.1. The fraction of sp³-hybridized carbons (Fsp3) is 0.375. The molecule has 0 spiro atoms. The van der Waals surface area contributed by atoms with Crippen LogP contribution in [0.5, 0.6) is 0 Å². The van der Waals surface area contributed by atoms with Crippen LogP contribution in [0.15, 0.2) is 29.0 Å². The Morgan fingerprint density at radius 2 is 2.04 bits per heavy atom. The Morgan fingerprint density at radius 3 is 2.60 bits per heavy atom. The molecule has 0 amide bonds. The SMILES string of the molecule is N#Cc1cc(N2C[C@H]3CCN[C@H]3C2)cnc1Br.O=C(O)/C=C/C(=O)O. The minimum Gasteiger partial charge on any atom is -0.478 e. The van der Waals surface area contributed by atoms with Crippen LogP contribution in [0.2, 0.25) is 0 Å². The van der Waals surface area contributed by atoms with Crippen molar-refractivity contribution in [1.82, 2.24) is 10.3 Å². The van der Waals surface area contributed by atoms with Crippen LogP contribution in [-0.2, 0) is 9.59 Å². The highest BCUT2D eigenvalue weighted by atomic mass is 79.9. The van der Waals surface area contributed by atoms with Crippen LogP contribution in [0, 0.1) is 17.2 Å². The maximum atomic E-state index is 9.55. The van der Waals surface area contributed by atoms with Gasteiger partial charge in [-0.15, -0.1) is 0 Å². The monoisotopic (exact) mass is 408 g/mol. The first kappa shape index (κ1) is 18.9. The molecule has 0 unspecified atom stereocenters. The Morgan fingerprint density at radius 1 is 1.36 bits per heavy atom. The molecule has 132 valence electrons. The Labute approximate surface area is 152 Å². The molecule has 0 aliphatic carbocycles. The van der Waals surface area contributed by atoms with E-state index in [1.165, 1.54) is 6.42 Å². The number of hydrogen-bond acceptors (Lipinski definition) is 6. The fourth-order valence-corrected chi connectivity index (χ4v) is 3.20. The molecule has 2 saturated heterocycles. The van der Waals surface area contributed by atoms with E-state index in [-0.39, 0.29) is 0 Å². The molecular weight excluding hydrogens is 392 g/mol. The minimum absolute atomic E-state index is 0.558. The van der Waals surface area contributed by atoms with Gasteiger partial charge in [0.15, 0.2) is 0 Å². The number of rotatable bonds is 3. The number of nitrogens with zero attached hydrogens (tertiary/aromatic N) is 3. The van der Waals surface area contributed by atoms with Gasteiger partial charge in [-0.1, -0.05) is 0 Å². The first-order chi connectivity index (χ1) is 11.9. The number of fused-ring (bicyclic) bond motifs is 1. The van der Waals surface area contributed by atoms with E-state index < -0.39 is 11.9 Å². The molecule has 1 aromatic rings. The van der Waals surface area contributed by atoms with Crippen molar-refractivity contribution < 1.29 is 19.8 Å². The maximum Gasteiger partial charge on any atom is 0.328 e. The van der Waals surface area contributed by atoms with E-state index in [4.69, 9.17) is 15.5 Å². The van der Waals surface area contributed by atoms with Crippen LogP contribution in [0.1, 0.15) is 12.0 Å². The first-order valence-electron chi connectivity index (χ1n) is 7.58. The van der Waals surface area contributed by atoms with Crippen molar-refractivity contribution in [3.63, 3.8) is 0 Å². The highest BCUT2D eigenvalue weighted by Crippen LogP contribution is 2.29. The average Bonchev–Trinajstić information content (AvgIpc) is 3.15. The van der Waals surface area contributed by atoms with E-state index in [2.05, 4.69) is 37.2 Å². The predicted octanol–water partition coefficient (Wildman–Crippen LogP) is 1.23. The summed E-state index contributed by atoms with van der Waals surface area (Å²) in [4.78, 5) is 25.6. The summed E-state index contributed by atoms with van der Waals surface area (Å²) >= 11 is 3.28. The zero-order valence-electron chi connectivity index (χ0n) is 13.2. The topological polar surface area (TPSA) is 127 Å². The molecule has 2 fully saturated rings. The second-order valence-corrected chi connectivity index (χ2v) is 6.42. The average molecular weight is 409 g/mol. The van der Waals surface area contributed by atoms with Gasteiger partial charge in [-0.25, -0.2) is 14.6 Å². The number of carboxylic acid groups (broad SMARTS) is 2. The minimum atomic E-state index is -1.26. The molecule has 9 heteroatoms. The van der Waals surface area contributed by atoms with Gasteiger partial charge in [0.1, 0.15) is 10.7 Å². The number of nitriles is 1. The number of pyridine rings is 1. The number of anilines is 1. The standard InChI is InChI=1S/C12H13BrN4.C4H4O4/c13-12-9(4-14)3-10(5-16-12)17-6-8-1-2-15-11(8)7-17;5-3(6)1-2-4(7)8/h3,5,8,11,15H,1-2,6-7H2;1-2H,(H,5,6)(H,7,8)/b;2-1+/t8-,11+;/m1./s1. The van der Waals surface area contributed by atoms with Gasteiger partial charge in [0.2, 0.25) is 0 Å². The molecule has 8 nitrogen and oxygen atoms in total. The van der Waals surface area contributed by atoms with E-state index in [0.717, 1.165) is 31.2 Å². The zero-order valence-corrected chi connectivity index (χ0v) is 14.8. The number of carbonyl (C=O) groups is 2. The van der Waals surface area contributed by atoms with Gasteiger partial charge in [0, 0.05) is 31.3 Å². The third-order valence-corrected chi connectivity index (χ3v) is 4.67. The molecule has 25 heavy (non-hydrogen) atoms. The summed E-state index contributed by atoms with van der Waals surface area (Å²) in [6.07, 6.45) is 4.22. The second kappa shape index (κ2) is 8.60. The van der Waals surface area contributed by atoms with Crippen molar-refractivity contribution in [2.75, 3.05) is 24.5 Å². The Hall–Kier alpha value is -2.44. The molecule has 2 aliphatic rings. The number of hydrogen-bond donors (Lipinski definition) is 3. The lowest BCUT2D eigenvalue weighted by Crippen LogP contribution is -2.30. The van der Waals surface area contributed by atoms with E-state index in [0.29, 0.717) is 28.4 Å². The first-order valence-corrected chi connectivity index (χ1v) is 8.38. The quantitative estimate of drug-likeness (QED) is 0.503. The molecular formula is C16H17BrN4O4. The number of aliphatic carboxylic acids is 2. The van der Waals surface area contributed by atoms with E-state index >= 15 is 0 Å². The molecule has 3 heterocycles. The van der Waals surface area contributed by atoms with E-state index in [1.54, 1.807) is 0 Å². The maximum absolute atomic E-state index is 9.55. The van der Waals surface area contributed by atoms with Crippen LogP contribution in [0.3, 0.4) is 0 Å². The van der Waals surface area contributed by atoms with Crippen molar-refractivity contribution in [2.45, 2.75) is 12.5 Å². The van der Waals surface area contributed by atoms with Crippen LogP contribution in [0.25, 0.3) is 0 Å². The lowest BCUT2D eigenvalue weighted by Gasteiger charge is -2.19. The number of nitrogens with one attached hydrogen (secondary N) is 1. The smallest absolute Gasteiger partial charge is 0.328 e. The number of halogens is 1. The summed E-state index contributed by atoms with van der Waals surface area (Å²) in [5.41, 5.74) is 1.66. The molecule has 1 aromatic heterocycles. The summed E-state index contributed by atoms with van der Waals surface area (Å²) in [5.74, 6) is -1.76. The molecule has 3 rings (SSSR count). The predicted molar refractivity (Wildman–Crippen MR) is 93.2 cm³/mol. The molecule has 0 bridgehead atoms. The van der Waals surface area contributed by atoms with Crippen LogP contribution < -0.4 is 10.2 Å². The van der Waals surface area contributed by atoms with Crippen molar-refractivity contribution in [2.24, 2.45) is 5.92 Å².